The molecular weight excluding hydrogens is 312 g/mol. The zero-order valence-corrected chi connectivity index (χ0v) is 8.10. The Bertz CT molecular complexity index is 4.00. The summed E-state index contributed by atoms with van der Waals surface area (Å²) in [6.45, 7) is 0. The summed E-state index contributed by atoms with van der Waals surface area (Å²) in [7, 11) is 0. The van der Waals surface area contributed by atoms with E-state index in [1.54, 1.807) is 0 Å². The summed E-state index contributed by atoms with van der Waals surface area (Å²) in [5.74, 6) is 0. The molecule has 0 aromatic rings. The molecule has 0 amide bonds. The van der Waals surface area contributed by atoms with Crippen molar-refractivity contribution in [3.63, 3.8) is 0 Å². The minimum absolute atomic E-state index is 0. The van der Waals surface area contributed by atoms with Crippen LogP contribution in [0.2, 0.25) is 0 Å². The summed E-state index contributed by atoms with van der Waals surface area (Å²) in [4.78, 5) is 0. The van der Waals surface area contributed by atoms with Gasteiger partial charge in [-0.2, -0.15) is 0 Å². The average molecular weight is 312 g/mol. The van der Waals surface area contributed by atoms with E-state index in [-0.39, 0.29) is 94.4 Å². The van der Waals surface area contributed by atoms with Gasteiger partial charge in [0.1, 0.15) is 0 Å². The molecule has 0 atom stereocenters. The smallest absolute Gasteiger partial charge is 2.00 e. The van der Waals surface area contributed by atoms with Gasteiger partial charge in [-0.25, -0.2) is 0 Å². The molecule has 0 aromatic carbocycles. The van der Waals surface area contributed by atoms with Gasteiger partial charge in [-0.15, -0.1) is 0 Å². The molecule has 0 unspecified atom stereocenters. The number of hydrogen-bond acceptors (Lipinski definition) is 0. The van der Waals surface area contributed by atoms with Gasteiger partial charge in [-0.05, 0) is 0 Å². The predicted octanol–water partition coefficient (Wildman–Crippen LogP) is -0.238. The predicted molar refractivity (Wildman–Crippen MR) is 1.37 cm³/mol. The van der Waals surface area contributed by atoms with E-state index < -0.39 is 0 Å². The maximum absolute atomic E-state index is 0. The Kier molecular flexibility index (Phi) is 130. The fraction of sp³-hybridized carbons (Fsp3) is 0. The first kappa shape index (κ1) is 30.1. The van der Waals surface area contributed by atoms with Crippen LogP contribution in [-0.4, -0.2) is 0 Å². The SMILES string of the molecule is [Ce+4].[Ce].[O-2].[O-2]. The van der Waals surface area contributed by atoms with E-state index >= 15 is 0 Å². The van der Waals surface area contributed by atoms with E-state index in [2.05, 4.69) is 0 Å². The normalized spacial score (nSPS) is 0. The largest absolute Gasteiger partial charge is 4.00 e. The van der Waals surface area contributed by atoms with E-state index in [1.165, 1.54) is 0 Å². The fourth-order valence-corrected chi connectivity index (χ4v) is 0. The number of rotatable bonds is 0. The molecule has 0 heterocycles. The first-order chi connectivity index (χ1) is 0. The van der Waals surface area contributed by atoms with E-state index in [0.717, 1.165) is 0 Å². The topological polar surface area (TPSA) is 57.0 Å². The van der Waals surface area contributed by atoms with Crippen LogP contribution in [0.1, 0.15) is 0 Å². The van der Waals surface area contributed by atoms with Gasteiger partial charge in [0.05, 0.1) is 0 Å². The Morgan fingerprint density at radius 1 is 0.750 bits per heavy atom. The van der Waals surface area contributed by atoms with E-state index in [1.807, 2.05) is 0 Å². The van der Waals surface area contributed by atoms with Gasteiger partial charge in [-0.3, -0.25) is 0 Å². The summed E-state index contributed by atoms with van der Waals surface area (Å²) in [5, 5.41) is 0. The summed E-state index contributed by atoms with van der Waals surface area (Å²) in [5.41, 5.74) is 0. The van der Waals surface area contributed by atoms with Crippen molar-refractivity contribution < 1.29 is 94.4 Å². The minimum Gasteiger partial charge on any atom is -2.00 e. The zero-order valence-electron chi connectivity index (χ0n) is 1.82. The molecule has 0 saturated carbocycles. The summed E-state index contributed by atoms with van der Waals surface area (Å²) >= 11 is 0. The van der Waals surface area contributed by atoms with Gasteiger partial charge < -0.3 is 11.0 Å². The van der Waals surface area contributed by atoms with Gasteiger partial charge in [0.2, 0.25) is 0 Å². The van der Waals surface area contributed by atoms with Crippen LogP contribution < -0.4 is 0 Å². The molecule has 0 aliphatic carbocycles. The molecule has 0 saturated heterocycles. The van der Waals surface area contributed by atoms with Crippen molar-refractivity contribution in [2.75, 3.05) is 0 Å². The van der Waals surface area contributed by atoms with Crippen LogP contribution >= 0.6 is 0 Å². The molecule has 0 aromatic heterocycles. The van der Waals surface area contributed by atoms with Crippen molar-refractivity contribution in [3.05, 3.63) is 0 Å². The van der Waals surface area contributed by atoms with Crippen LogP contribution in [0.4, 0.5) is 0 Å². The second-order valence-corrected chi connectivity index (χ2v) is 0. The first-order valence-corrected chi connectivity index (χ1v) is 0. The molecule has 0 aliphatic heterocycles. The Morgan fingerprint density at radius 3 is 0.750 bits per heavy atom. The van der Waals surface area contributed by atoms with Crippen molar-refractivity contribution in [2.24, 2.45) is 0 Å². The molecule has 0 radical (unpaired) electrons. The van der Waals surface area contributed by atoms with Crippen LogP contribution in [-0.2, 0) is 11.0 Å². The van der Waals surface area contributed by atoms with Crippen LogP contribution in [0.3, 0.4) is 0 Å². The molecule has 0 aliphatic rings. The average Bonchev–Trinajstić information content (AvgIpc) is 0. The van der Waals surface area contributed by atoms with E-state index in [4.69, 9.17) is 0 Å². The third-order valence-electron chi connectivity index (χ3n) is 0. The van der Waals surface area contributed by atoms with Gasteiger partial charge in [0, 0.05) is 41.7 Å². The molecular formula is Ce2O2. The summed E-state index contributed by atoms with van der Waals surface area (Å²) in [6, 6.07) is 0. The molecule has 0 N–H and O–H groups in total. The van der Waals surface area contributed by atoms with E-state index in [9.17, 15) is 0 Å². The molecule has 0 rings (SSSR count). The monoisotopic (exact) mass is 312 g/mol. The molecule has 0 bridgehead atoms. The Hall–Kier alpha value is 2.67. The number of hydrogen-bond donors (Lipinski definition) is 0. The van der Waals surface area contributed by atoms with Crippen molar-refractivity contribution in [2.45, 2.75) is 0 Å². The third kappa shape index (κ3) is 8.82. The molecule has 4 heteroatoms. The Labute approximate surface area is 92.1 Å². The van der Waals surface area contributed by atoms with Gasteiger partial charge in [0.15, 0.2) is 0 Å². The first-order valence-electron chi connectivity index (χ1n) is 0. The van der Waals surface area contributed by atoms with E-state index in [0.29, 0.717) is 0 Å². The van der Waals surface area contributed by atoms with Crippen LogP contribution in [0.25, 0.3) is 0 Å². The van der Waals surface area contributed by atoms with Gasteiger partial charge in [0.25, 0.3) is 0 Å². The van der Waals surface area contributed by atoms with Gasteiger partial charge in [-0.1, -0.05) is 0 Å². The molecule has 0 fully saturated rings. The second-order valence-electron chi connectivity index (χ2n) is 0. The maximum Gasteiger partial charge on any atom is 4.00 e. The van der Waals surface area contributed by atoms with Crippen LogP contribution in [0.5, 0.6) is 0 Å². The standard InChI is InChI=1S/2Ce.2O/q;+4;2*-2. The van der Waals surface area contributed by atoms with Crippen molar-refractivity contribution in [1.29, 1.82) is 0 Å². The maximum atomic E-state index is 0. The quantitative estimate of drug-likeness (QED) is 0.593. The third-order valence-corrected chi connectivity index (χ3v) is 0. The van der Waals surface area contributed by atoms with Gasteiger partial charge >= 0.3 is 41.7 Å². The molecule has 4 heavy (non-hydrogen) atoms. The fourth-order valence-electron chi connectivity index (χ4n) is 0. The van der Waals surface area contributed by atoms with Crippen molar-refractivity contribution in [3.8, 4) is 0 Å². The second kappa shape index (κ2) is 17.3. The molecule has 2 nitrogen and oxygen atoms in total. The van der Waals surface area contributed by atoms with Crippen molar-refractivity contribution in [1.82, 2.24) is 0 Å². The van der Waals surface area contributed by atoms with Crippen LogP contribution in [0, 0.1) is 83.5 Å². The van der Waals surface area contributed by atoms with Crippen LogP contribution in [0.15, 0.2) is 0 Å². The molecule has 20 valence electrons. The molecule has 0 spiro atoms. The Balaban J connectivity index is 0. The minimum atomic E-state index is 0. The van der Waals surface area contributed by atoms with Crippen molar-refractivity contribution >= 4 is 0 Å². The zero-order chi connectivity index (χ0) is 0. The summed E-state index contributed by atoms with van der Waals surface area (Å²) in [6.07, 6.45) is 0. The Morgan fingerprint density at radius 2 is 0.750 bits per heavy atom. The summed E-state index contributed by atoms with van der Waals surface area (Å²) < 4.78 is 0.